The topological polar surface area (TPSA) is 26.0 Å². The number of hydrogen-bond donors (Lipinski definition) is 1. The standard InChI is InChI=1S/C15H15BrFN/c1-15(18,12-5-3-2-4-6-12)10-11-7-8-13(16)9-14(11)17/h2-9H,10,18H2,1H3. The quantitative estimate of drug-likeness (QED) is 0.911. The second kappa shape index (κ2) is 5.21. The van der Waals surface area contributed by atoms with Crippen molar-refractivity contribution in [2.75, 3.05) is 0 Å². The first-order valence-corrected chi connectivity index (χ1v) is 6.57. The van der Waals surface area contributed by atoms with Crippen molar-refractivity contribution in [2.24, 2.45) is 5.73 Å². The molecular formula is C15H15BrFN. The zero-order valence-electron chi connectivity index (χ0n) is 10.2. The van der Waals surface area contributed by atoms with Crippen LogP contribution in [0.15, 0.2) is 53.0 Å². The lowest BCUT2D eigenvalue weighted by Crippen LogP contribution is -2.35. The highest BCUT2D eigenvalue weighted by atomic mass is 79.9. The Morgan fingerprint density at radius 2 is 1.83 bits per heavy atom. The molecule has 0 amide bonds. The average molecular weight is 308 g/mol. The van der Waals surface area contributed by atoms with Crippen LogP contribution in [0.25, 0.3) is 0 Å². The number of benzene rings is 2. The highest BCUT2D eigenvalue weighted by molar-refractivity contribution is 9.10. The van der Waals surface area contributed by atoms with Gasteiger partial charge in [-0.25, -0.2) is 4.39 Å². The van der Waals surface area contributed by atoms with Crippen molar-refractivity contribution in [1.82, 2.24) is 0 Å². The van der Waals surface area contributed by atoms with Crippen molar-refractivity contribution >= 4 is 15.9 Å². The van der Waals surface area contributed by atoms with Crippen molar-refractivity contribution in [3.63, 3.8) is 0 Å². The summed E-state index contributed by atoms with van der Waals surface area (Å²) in [5.41, 5.74) is 7.36. The van der Waals surface area contributed by atoms with Crippen LogP contribution in [0.3, 0.4) is 0 Å². The number of rotatable bonds is 3. The van der Waals surface area contributed by atoms with Crippen molar-refractivity contribution < 1.29 is 4.39 Å². The van der Waals surface area contributed by atoms with Crippen LogP contribution in [0.1, 0.15) is 18.1 Å². The molecule has 0 heterocycles. The van der Waals surface area contributed by atoms with E-state index in [-0.39, 0.29) is 5.82 Å². The monoisotopic (exact) mass is 307 g/mol. The van der Waals surface area contributed by atoms with E-state index in [9.17, 15) is 4.39 Å². The summed E-state index contributed by atoms with van der Waals surface area (Å²) in [4.78, 5) is 0. The van der Waals surface area contributed by atoms with Gasteiger partial charge in [-0.15, -0.1) is 0 Å². The summed E-state index contributed by atoms with van der Waals surface area (Å²) in [5, 5.41) is 0. The third-order valence-corrected chi connectivity index (χ3v) is 3.50. The van der Waals surface area contributed by atoms with Gasteiger partial charge < -0.3 is 5.73 Å². The molecule has 1 nitrogen and oxygen atoms in total. The fourth-order valence-electron chi connectivity index (χ4n) is 1.98. The summed E-state index contributed by atoms with van der Waals surface area (Å²) >= 11 is 3.25. The van der Waals surface area contributed by atoms with Crippen molar-refractivity contribution in [3.05, 3.63) is 69.9 Å². The van der Waals surface area contributed by atoms with E-state index in [1.807, 2.05) is 43.3 Å². The van der Waals surface area contributed by atoms with Gasteiger partial charge in [0.25, 0.3) is 0 Å². The van der Waals surface area contributed by atoms with Gasteiger partial charge in [0.05, 0.1) is 0 Å². The largest absolute Gasteiger partial charge is 0.321 e. The summed E-state index contributed by atoms with van der Waals surface area (Å²) in [6.07, 6.45) is 0.468. The molecule has 2 aromatic rings. The zero-order valence-corrected chi connectivity index (χ0v) is 11.7. The van der Waals surface area contributed by atoms with Gasteiger partial charge in [0, 0.05) is 10.0 Å². The summed E-state index contributed by atoms with van der Waals surface area (Å²) in [5.74, 6) is -0.225. The normalized spacial score (nSPS) is 14.2. The highest BCUT2D eigenvalue weighted by Gasteiger charge is 2.22. The molecular weight excluding hydrogens is 293 g/mol. The molecule has 0 aliphatic carbocycles. The Morgan fingerprint density at radius 3 is 2.44 bits per heavy atom. The molecule has 2 rings (SSSR count). The van der Waals surface area contributed by atoms with Crippen LogP contribution in [0.5, 0.6) is 0 Å². The van der Waals surface area contributed by atoms with Crippen LogP contribution in [-0.4, -0.2) is 0 Å². The van der Waals surface area contributed by atoms with Crippen molar-refractivity contribution in [3.8, 4) is 0 Å². The fourth-order valence-corrected chi connectivity index (χ4v) is 2.31. The molecule has 0 aliphatic rings. The Bertz CT molecular complexity index is 537. The Kier molecular flexibility index (Phi) is 3.83. The van der Waals surface area contributed by atoms with Crippen LogP contribution in [0.2, 0.25) is 0 Å². The van der Waals surface area contributed by atoms with Gasteiger partial charge in [-0.2, -0.15) is 0 Å². The summed E-state index contributed by atoms with van der Waals surface area (Å²) in [6.45, 7) is 1.92. The Hall–Kier alpha value is -1.19. The second-order valence-electron chi connectivity index (χ2n) is 4.70. The van der Waals surface area contributed by atoms with Gasteiger partial charge in [-0.3, -0.25) is 0 Å². The molecule has 0 saturated carbocycles. The summed E-state index contributed by atoms with van der Waals surface area (Å²) in [7, 11) is 0. The van der Waals surface area contributed by atoms with Crippen LogP contribution < -0.4 is 5.73 Å². The van der Waals surface area contributed by atoms with Gasteiger partial charge in [-0.1, -0.05) is 52.3 Å². The maximum absolute atomic E-state index is 13.8. The minimum absolute atomic E-state index is 0.225. The first-order valence-electron chi connectivity index (χ1n) is 5.77. The van der Waals surface area contributed by atoms with E-state index in [4.69, 9.17) is 5.73 Å². The number of halogens is 2. The van der Waals surface area contributed by atoms with Crippen LogP contribution in [0.4, 0.5) is 4.39 Å². The molecule has 0 spiro atoms. The van der Waals surface area contributed by atoms with E-state index >= 15 is 0 Å². The Labute approximate surface area is 115 Å². The third kappa shape index (κ3) is 2.98. The molecule has 0 bridgehead atoms. The van der Waals surface area contributed by atoms with E-state index in [0.29, 0.717) is 12.0 Å². The lowest BCUT2D eigenvalue weighted by molar-refractivity contribution is 0.475. The van der Waals surface area contributed by atoms with Gasteiger partial charge in [0.2, 0.25) is 0 Å². The molecule has 94 valence electrons. The first-order chi connectivity index (χ1) is 8.49. The lowest BCUT2D eigenvalue weighted by atomic mass is 9.86. The van der Waals surface area contributed by atoms with E-state index in [2.05, 4.69) is 15.9 Å². The molecule has 0 saturated heterocycles. The van der Waals surface area contributed by atoms with Crippen LogP contribution in [0, 0.1) is 5.82 Å². The Morgan fingerprint density at radius 1 is 1.17 bits per heavy atom. The fraction of sp³-hybridized carbons (Fsp3) is 0.200. The summed E-state index contributed by atoms with van der Waals surface area (Å²) < 4.78 is 14.5. The van der Waals surface area contributed by atoms with Gasteiger partial charge >= 0.3 is 0 Å². The van der Waals surface area contributed by atoms with E-state index in [1.165, 1.54) is 6.07 Å². The maximum Gasteiger partial charge on any atom is 0.127 e. The van der Waals surface area contributed by atoms with E-state index in [0.717, 1.165) is 10.0 Å². The molecule has 0 radical (unpaired) electrons. The molecule has 2 aromatic carbocycles. The molecule has 1 atom stereocenters. The predicted molar refractivity (Wildman–Crippen MR) is 75.8 cm³/mol. The maximum atomic E-state index is 13.8. The van der Waals surface area contributed by atoms with Gasteiger partial charge in [0.1, 0.15) is 5.82 Å². The lowest BCUT2D eigenvalue weighted by Gasteiger charge is -2.25. The molecule has 0 fully saturated rings. The van der Waals surface area contributed by atoms with Crippen molar-refractivity contribution in [2.45, 2.75) is 18.9 Å². The first kappa shape index (κ1) is 13.2. The van der Waals surface area contributed by atoms with E-state index in [1.54, 1.807) is 6.07 Å². The van der Waals surface area contributed by atoms with Gasteiger partial charge in [-0.05, 0) is 36.6 Å². The second-order valence-corrected chi connectivity index (χ2v) is 5.61. The SMILES string of the molecule is CC(N)(Cc1ccc(Br)cc1F)c1ccccc1. The molecule has 1 unspecified atom stereocenters. The number of nitrogens with two attached hydrogens (primary N) is 1. The van der Waals surface area contributed by atoms with Crippen LogP contribution in [-0.2, 0) is 12.0 Å². The van der Waals surface area contributed by atoms with E-state index < -0.39 is 5.54 Å². The smallest absolute Gasteiger partial charge is 0.127 e. The number of hydrogen-bond acceptors (Lipinski definition) is 1. The van der Waals surface area contributed by atoms with Gasteiger partial charge in [0.15, 0.2) is 0 Å². The Balaban J connectivity index is 2.28. The average Bonchev–Trinajstić information content (AvgIpc) is 2.34. The minimum Gasteiger partial charge on any atom is -0.321 e. The summed E-state index contributed by atoms with van der Waals surface area (Å²) in [6, 6.07) is 14.8. The third-order valence-electron chi connectivity index (χ3n) is 3.01. The molecule has 0 aromatic heterocycles. The van der Waals surface area contributed by atoms with Crippen LogP contribution >= 0.6 is 15.9 Å². The molecule has 18 heavy (non-hydrogen) atoms. The highest BCUT2D eigenvalue weighted by Crippen LogP contribution is 2.25. The minimum atomic E-state index is -0.573. The molecule has 3 heteroatoms. The molecule has 0 aliphatic heterocycles. The zero-order chi connectivity index (χ0) is 13.2. The molecule has 2 N–H and O–H groups in total. The van der Waals surface area contributed by atoms with Crippen molar-refractivity contribution in [1.29, 1.82) is 0 Å². The predicted octanol–water partition coefficient (Wildman–Crippen LogP) is 4.00.